The maximum Gasteiger partial charge on any atom is 0.228 e. The number of hydrogen-bond acceptors (Lipinski definition) is 4. The van der Waals surface area contributed by atoms with Gasteiger partial charge in [-0.1, -0.05) is 12.1 Å². The van der Waals surface area contributed by atoms with Gasteiger partial charge in [0.25, 0.3) is 0 Å². The summed E-state index contributed by atoms with van der Waals surface area (Å²) in [5.41, 5.74) is 1.97. The first kappa shape index (κ1) is 17.5. The van der Waals surface area contributed by atoms with Gasteiger partial charge in [0, 0.05) is 15.9 Å². The number of ketones is 1. The lowest BCUT2D eigenvalue weighted by molar-refractivity contribution is -0.117. The number of aryl methyl sites for hydroxylation is 1. The number of carbonyl (C=O) groups is 2. The van der Waals surface area contributed by atoms with Gasteiger partial charge in [-0.25, -0.2) is 4.98 Å². The minimum atomic E-state index is -0.0650. The van der Waals surface area contributed by atoms with E-state index in [0.29, 0.717) is 29.9 Å². The Morgan fingerprint density at radius 2 is 1.96 bits per heavy atom. The molecule has 3 rings (SSSR count). The zero-order valence-electron chi connectivity index (χ0n) is 13.5. The fourth-order valence-electron chi connectivity index (χ4n) is 2.41. The summed E-state index contributed by atoms with van der Waals surface area (Å²) >= 11 is 2.12. The summed E-state index contributed by atoms with van der Waals surface area (Å²) in [6.45, 7) is 0. The first-order valence-corrected chi connectivity index (χ1v) is 9.14. The number of anilines is 1. The van der Waals surface area contributed by atoms with Gasteiger partial charge in [-0.05, 0) is 71.7 Å². The number of pyridine rings is 1. The van der Waals surface area contributed by atoms with Crippen molar-refractivity contribution in [1.29, 1.82) is 5.26 Å². The van der Waals surface area contributed by atoms with Crippen LogP contribution in [0, 0.1) is 20.8 Å². The van der Waals surface area contributed by atoms with Gasteiger partial charge in [0.05, 0.1) is 11.6 Å². The topological polar surface area (TPSA) is 82.9 Å². The number of Topliss-reactive ketones (excluding diaryl/α,β-unsaturated/α-hetero) is 1. The molecule has 0 radical (unpaired) electrons. The Hall–Kier alpha value is -2.27. The number of nitriles is 1. The minimum absolute atomic E-state index is 0.0227. The second-order valence-corrected chi connectivity index (χ2v) is 7.30. The molecule has 0 atom stereocenters. The van der Waals surface area contributed by atoms with Crippen LogP contribution in [-0.4, -0.2) is 16.7 Å². The van der Waals surface area contributed by atoms with Crippen molar-refractivity contribution in [2.24, 2.45) is 5.92 Å². The van der Waals surface area contributed by atoms with Crippen LogP contribution in [-0.2, 0) is 11.2 Å². The Labute approximate surface area is 159 Å². The van der Waals surface area contributed by atoms with Gasteiger partial charge in [0.1, 0.15) is 11.5 Å². The largest absolute Gasteiger partial charge is 0.310 e. The average molecular weight is 445 g/mol. The average Bonchev–Trinajstić information content (AvgIpc) is 3.44. The zero-order valence-corrected chi connectivity index (χ0v) is 15.6. The lowest BCUT2D eigenvalue weighted by Crippen LogP contribution is -2.16. The Balaban J connectivity index is 1.65. The van der Waals surface area contributed by atoms with E-state index in [0.717, 1.165) is 22.0 Å². The number of rotatable bonds is 6. The Morgan fingerprint density at radius 3 is 2.60 bits per heavy atom. The molecule has 126 valence electrons. The number of aromatic nitrogens is 1. The molecule has 1 aromatic carbocycles. The SMILES string of the molecule is N#Cc1ccc(CCC(=O)c2cc(I)cc(NC(=O)C3CC3)n2)cc1. The lowest BCUT2D eigenvalue weighted by atomic mass is 10.0. The quantitative estimate of drug-likeness (QED) is 0.543. The molecule has 1 aromatic heterocycles. The van der Waals surface area contributed by atoms with Crippen LogP contribution >= 0.6 is 22.6 Å². The van der Waals surface area contributed by atoms with E-state index in [1.54, 1.807) is 24.3 Å². The monoisotopic (exact) mass is 445 g/mol. The van der Waals surface area contributed by atoms with Crippen LogP contribution in [0.1, 0.15) is 40.9 Å². The van der Waals surface area contributed by atoms with Crippen LogP contribution in [0.5, 0.6) is 0 Å². The predicted octanol–water partition coefficient (Wildman–Crippen LogP) is 3.72. The Bertz CT molecular complexity index is 852. The molecule has 5 nitrogen and oxygen atoms in total. The summed E-state index contributed by atoms with van der Waals surface area (Å²) in [7, 11) is 0. The second kappa shape index (κ2) is 7.74. The Kier molecular flexibility index (Phi) is 5.43. The number of halogens is 1. The Morgan fingerprint density at radius 1 is 1.24 bits per heavy atom. The van der Waals surface area contributed by atoms with Crippen LogP contribution in [0.15, 0.2) is 36.4 Å². The molecule has 2 aromatic rings. The van der Waals surface area contributed by atoms with Crippen molar-refractivity contribution in [3.63, 3.8) is 0 Å². The molecule has 1 N–H and O–H groups in total. The highest BCUT2D eigenvalue weighted by atomic mass is 127. The number of hydrogen-bond donors (Lipinski definition) is 1. The van der Waals surface area contributed by atoms with E-state index in [9.17, 15) is 9.59 Å². The third-order valence-electron chi connectivity index (χ3n) is 4.00. The smallest absolute Gasteiger partial charge is 0.228 e. The highest BCUT2D eigenvalue weighted by molar-refractivity contribution is 14.1. The third-order valence-corrected chi connectivity index (χ3v) is 4.62. The maximum atomic E-state index is 12.4. The molecule has 1 fully saturated rings. The molecule has 1 aliphatic rings. The summed E-state index contributed by atoms with van der Waals surface area (Å²) in [4.78, 5) is 28.6. The molecule has 25 heavy (non-hydrogen) atoms. The van der Waals surface area contributed by atoms with Crippen molar-refractivity contribution in [2.75, 3.05) is 5.32 Å². The van der Waals surface area contributed by atoms with Crippen molar-refractivity contribution in [3.8, 4) is 6.07 Å². The van der Waals surface area contributed by atoms with Crippen molar-refractivity contribution < 1.29 is 9.59 Å². The molecular formula is C19H16IN3O2. The van der Waals surface area contributed by atoms with Crippen LogP contribution < -0.4 is 5.32 Å². The molecule has 1 amide bonds. The van der Waals surface area contributed by atoms with Gasteiger partial charge in [-0.3, -0.25) is 9.59 Å². The van der Waals surface area contributed by atoms with E-state index in [-0.39, 0.29) is 17.6 Å². The normalized spacial score (nSPS) is 13.1. The van der Waals surface area contributed by atoms with E-state index in [1.165, 1.54) is 0 Å². The highest BCUT2D eigenvalue weighted by Crippen LogP contribution is 2.30. The van der Waals surface area contributed by atoms with Crippen LogP contribution in [0.4, 0.5) is 5.82 Å². The standard InChI is InChI=1S/C19H16IN3O2/c20-15-9-16(22-18(10-15)23-19(25)14-6-7-14)17(24)8-5-12-1-3-13(11-21)4-2-12/h1-4,9-10,14H,5-8H2,(H,22,23,25). The molecule has 0 saturated heterocycles. The van der Waals surface area contributed by atoms with Gasteiger partial charge < -0.3 is 5.32 Å². The van der Waals surface area contributed by atoms with E-state index >= 15 is 0 Å². The molecule has 1 saturated carbocycles. The maximum absolute atomic E-state index is 12.4. The van der Waals surface area contributed by atoms with Gasteiger partial charge in [-0.15, -0.1) is 0 Å². The van der Waals surface area contributed by atoms with E-state index < -0.39 is 0 Å². The van der Waals surface area contributed by atoms with Gasteiger partial charge in [-0.2, -0.15) is 5.26 Å². The first-order chi connectivity index (χ1) is 12.0. The number of nitrogens with zero attached hydrogens (tertiary/aromatic N) is 2. The van der Waals surface area contributed by atoms with E-state index in [4.69, 9.17) is 5.26 Å². The van der Waals surface area contributed by atoms with Crippen LogP contribution in [0.3, 0.4) is 0 Å². The number of carbonyl (C=O) groups excluding carboxylic acids is 2. The van der Waals surface area contributed by atoms with E-state index in [2.05, 4.69) is 39.0 Å². The fourth-order valence-corrected chi connectivity index (χ4v) is 3.00. The van der Waals surface area contributed by atoms with Crippen molar-refractivity contribution in [2.45, 2.75) is 25.7 Å². The van der Waals surface area contributed by atoms with Crippen molar-refractivity contribution >= 4 is 40.1 Å². The third kappa shape index (κ3) is 4.86. The number of amides is 1. The second-order valence-electron chi connectivity index (χ2n) is 6.05. The highest BCUT2D eigenvalue weighted by Gasteiger charge is 2.30. The number of benzene rings is 1. The summed E-state index contributed by atoms with van der Waals surface area (Å²) < 4.78 is 0.862. The summed E-state index contributed by atoms with van der Waals surface area (Å²) in [6, 6.07) is 12.8. The molecule has 1 aliphatic carbocycles. The molecule has 0 aliphatic heterocycles. The van der Waals surface area contributed by atoms with Crippen LogP contribution in [0.2, 0.25) is 0 Å². The molecule has 6 heteroatoms. The number of nitrogens with one attached hydrogen (secondary N) is 1. The molecular weight excluding hydrogens is 429 g/mol. The van der Waals surface area contributed by atoms with Crippen LogP contribution in [0.25, 0.3) is 0 Å². The molecule has 1 heterocycles. The van der Waals surface area contributed by atoms with Crippen molar-refractivity contribution in [1.82, 2.24) is 4.98 Å². The molecule has 0 spiro atoms. The van der Waals surface area contributed by atoms with Gasteiger partial charge in [0.15, 0.2) is 5.78 Å². The van der Waals surface area contributed by atoms with E-state index in [1.807, 2.05) is 12.1 Å². The first-order valence-electron chi connectivity index (χ1n) is 8.06. The minimum Gasteiger partial charge on any atom is -0.310 e. The molecule has 0 unspecified atom stereocenters. The molecule has 0 bridgehead atoms. The summed E-state index contributed by atoms with van der Waals surface area (Å²) in [5, 5.41) is 11.6. The van der Waals surface area contributed by atoms with Crippen molar-refractivity contribution in [3.05, 3.63) is 56.8 Å². The fraction of sp³-hybridized carbons (Fsp3) is 0.263. The predicted molar refractivity (Wildman–Crippen MR) is 102 cm³/mol. The lowest BCUT2D eigenvalue weighted by Gasteiger charge is -2.07. The summed E-state index contributed by atoms with van der Waals surface area (Å²) in [6.07, 6.45) is 2.76. The summed E-state index contributed by atoms with van der Waals surface area (Å²) in [5.74, 6) is 0.441. The zero-order chi connectivity index (χ0) is 17.8. The van der Waals surface area contributed by atoms with Gasteiger partial charge in [0.2, 0.25) is 5.91 Å². The van der Waals surface area contributed by atoms with Gasteiger partial charge >= 0.3 is 0 Å².